The average molecular weight is 365 g/mol. The molecule has 1 aromatic carbocycles. The van der Waals surface area contributed by atoms with E-state index in [1.165, 1.54) is 0 Å². The number of benzene rings is 1. The lowest BCUT2D eigenvalue weighted by atomic mass is 10.2. The van der Waals surface area contributed by atoms with Gasteiger partial charge in [-0.1, -0.05) is 27.7 Å². The van der Waals surface area contributed by atoms with Crippen molar-refractivity contribution in [2.45, 2.75) is 46.4 Å². The molecule has 0 saturated heterocycles. The zero-order chi connectivity index (χ0) is 18.6. The third-order valence-corrected chi connectivity index (χ3v) is 5.58. The summed E-state index contributed by atoms with van der Waals surface area (Å²) in [5.41, 5.74) is 0.988. The second kappa shape index (κ2) is 8.81. The summed E-state index contributed by atoms with van der Waals surface area (Å²) in [6, 6.07) is 5.98. The number of nitrogens with one attached hydrogen (secondary N) is 1. The summed E-state index contributed by atoms with van der Waals surface area (Å²) >= 11 is 0. The Bertz CT molecular complexity index is 697. The highest BCUT2D eigenvalue weighted by molar-refractivity contribution is 7.82. The van der Waals surface area contributed by atoms with E-state index in [9.17, 15) is 4.21 Å². The highest BCUT2D eigenvalue weighted by Crippen LogP contribution is 2.27. The van der Waals surface area contributed by atoms with E-state index < -0.39 is 11.0 Å². The molecule has 6 heteroatoms. The van der Waals surface area contributed by atoms with Crippen molar-refractivity contribution in [2.24, 2.45) is 11.8 Å². The number of rotatable bonds is 9. The Hall–Kier alpha value is -1.40. The monoisotopic (exact) mass is 364 g/mol. The zero-order valence-corrected chi connectivity index (χ0v) is 17.2. The molecule has 0 aliphatic heterocycles. The lowest BCUT2D eigenvalue weighted by molar-refractivity contribution is 0.351. The molecule has 2 rings (SSSR count). The van der Waals surface area contributed by atoms with Crippen LogP contribution in [0.25, 0.3) is 10.9 Å². The van der Waals surface area contributed by atoms with Crippen LogP contribution in [0.2, 0.25) is 0 Å². The fourth-order valence-electron chi connectivity index (χ4n) is 3.03. The molecule has 1 atom stereocenters. The fourth-order valence-corrected chi connectivity index (χ4v) is 4.59. The SMILES string of the molecule is CCN(CC)c1n[nH]c2ccc(S(=O)N(CC(C)C)CC(C)C)cc12. The van der Waals surface area contributed by atoms with E-state index in [1.807, 2.05) is 18.2 Å². The van der Waals surface area contributed by atoms with Crippen molar-refractivity contribution in [1.29, 1.82) is 0 Å². The van der Waals surface area contributed by atoms with Crippen LogP contribution in [0.3, 0.4) is 0 Å². The van der Waals surface area contributed by atoms with Crippen LogP contribution in [0, 0.1) is 11.8 Å². The molecule has 0 aliphatic carbocycles. The number of hydrogen-bond donors (Lipinski definition) is 1. The lowest BCUT2D eigenvalue weighted by Crippen LogP contribution is -2.33. The molecule has 0 amide bonds. The summed E-state index contributed by atoms with van der Waals surface area (Å²) in [5, 5.41) is 8.61. The van der Waals surface area contributed by atoms with Crippen molar-refractivity contribution in [3.8, 4) is 0 Å². The van der Waals surface area contributed by atoms with E-state index >= 15 is 0 Å². The van der Waals surface area contributed by atoms with Crippen LogP contribution in [0.15, 0.2) is 23.1 Å². The van der Waals surface area contributed by atoms with Crippen molar-refractivity contribution in [3.05, 3.63) is 18.2 Å². The normalized spacial score (nSPS) is 13.3. The minimum Gasteiger partial charge on any atom is -0.355 e. The molecule has 1 unspecified atom stereocenters. The van der Waals surface area contributed by atoms with Crippen LogP contribution in [-0.4, -0.2) is 44.9 Å². The number of aromatic nitrogens is 2. The number of aromatic amines is 1. The predicted molar refractivity (Wildman–Crippen MR) is 107 cm³/mol. The average Bonchev–Trinajstić information content (AvgIpc) is 2.97. The first-order chi connectivity index (χ1) is 11.9. The topological polar surface area (TPSA) is 52.2 Å². The molecule has 0 bridgehead atoms. The largest absolute Gasteiger partial charge is 0.355 e. The molecule has 1 heterocycles. The molecule has 1 aromatic heterocycles. The molecule has 140 valence electrons. The maximum atomic E-state index is 13.2. The molecular formula is C19H32N4OS. The van der Waals surface area contributed by atoms with Crippen LogP contribution in [-0.2, 0) is 11.0 Å². The van der Waals surface area contributed by atoms with Crippen LogP contribution in [0.5, 0.6) is 0 Å². The number of nitrogens with zero attached hydrogens (tertiary/aromatic N) is 3. The van der Waals surface area contributed by atoms with Gasteiger partial charge in [-0.05, 0) is 43.9 Å². The van der Waals surface area contributed by atoms with Gasteiger partial charge in [-0.25, -0.2) is 8.51 Å². The van der Waals surface area contributed by atoms with Gasteiger partial charge >= 0.3 is 0 Å². The van der Waals surface area contributed by atoms with Crippen molar-refractivity contribution in [3.63, 3.8) is 0 Å². The molecule has 0 aliphatic rings. The Morgan fingerprint density at radius 2 is 1.68 bits per heavy atom. The molecule has 1 N–H and O–H groups in total. The first-order valence-corrected chi connectivity index (χ1v) is 10.4. The minimum absolute atomic E-state index is 0.478. The van der Waals surface area contributed by atoms with Crippen molar-refractivity contribution in [1.82, 2.24) is 14.5 Å². The van der Waals surface area contributed by atoms with E-state index in [0.717, 1.165) is 47.8 Å². The van der Waals surface area contributed by atoms with Gasteiger partial charge in [-0.2, -0.15) is 5.10 Å². The van der Waals surface area contributed by atoms with E-state index in [-0.39, 0.29) is 0 Å². The van der Waals surface area contributed by atoms with Gasteiger partial charge < -0.3 is 4.90 Å². The molecule has 0 radical (unpaired) electrons. The van der Waals surface area contributed by atoms with Gasteiger partial charge in [-0.3, -0.25) is 5.10 Å². The third-order valence-electron chi connectivity index (χ3n) is 4.15. The quantitative estimate of drug-likeness (QED) is 0.730. The van der Waals surface area contributed by atoms with Crippen LogP contribution >= 0.6 is 0 Å². The number of hydrogen-bond acceptors (Lipinski definition) is 3. The molecule has 25 heavy (non-hydrogen) atoms. The summed E-state index contributed by atoms with van der Waals surface area (Å²) in [6.07, 6.45) is 0. The van der Waals surface area contributed by atoms with E-state index in [4.69, 9.17) is 0 Å². The third kappa shape index (κ3) is 4.82. The van der Waals surface area contributed by atoms with E-state index in [1.54, 1.807) is 0 Å². The molecule has 0 fully saturated rings. The Morgan fingerprint density at radius 3 is 2.20 bits per heavy atom. The molecule has 0 saturated carbocycles. The van der Waals surface area contributed by atoms with Gasteiger partial charge in [-0.15, -0.1) is 0 Å². The first-order valence-electron chi connectivity index (χ1n) is 9.27. The standard InChI is InChI=1S/C19H32N4OS/c1-7-22(8-2)19-17-11-16(9-10-18(17)20-21-19)25(24)23(12-14(3)4)13-15(5)6/h9-11,14-15H,7-8,12-13H2,1-6H3,(H,20,21). The number of anilines is 1. The summed E-state index contributed by atoms with van der Waals surface area (Å²) in [4.78, 5) is 3.06. The Balaban J connectivity index is 2.38. The summed E-state index contributed by atoms with van der Waals surface area (Å²) in [7, 11) is -1.15. The zero-order valence-electron chi connectivity index (χ0n) is 16.4. The highest BCUT2D eigenvalue weighted by Gasteiger charge is 2.20. The van der Waals surface area contributed by atoms with Gasteiger partial charge in [0, 0.05) is 31.6 Å². The lowest BCUT2D eigenvalue weighted by Gasteiger charge is -2.25. The van der Waals surface area contributed by atoms with Gasteiger partial charge in [0.15, 0.2) is 5.82 Å². The summed E-state index contributed by atoms with van der Waals surface area (Å²) < 4.78 is 15.3. The molecule has 0 spiro atoms. The van der Waals surface area contributed by atoms with Crippen LogP contribution in [0.4, 0.5) is 5.82 Å². The molecular weight excluding hydrogens is 332 g/mol. The van der Waals surface area contributed by atoms with E-state index in [2.05, 4.69) is 60.9 Å². The van der Waals surface area contributed by atoms with Crippen molar-refractivity contribution < 1.29 is 4.21 Å². The van der Waals surface area contributed by atoms with Crippen molar-refractivity contribution >= 4 is 27.7 Å². The van der Waals surface area contributed by atoms with Gasteiger partial charge in [0.05, 0.1) is 10.4 Å². The Morgan fingerprint density at radius 1 is 1.08 bits per heavy atom. The number of fused-ring (bicyclic) bond motifs is 1. The maximum Gasteiger partial charge on any atom is 0.158 e. The van der Waals surface area contributed by atoms with E-state index in [0.29, 0.717) is 11.8 Å². The van der Waals surface area contributed by atoms with Crippen LogP contribution < -0.4 is 4.90 Å². The maximum absolute atomic E-state index is 13.2. The smallest absolute Gasteiger partial charge is 0.158 e. The second-order valence-electron chi connectivity index (χ2n) is 7.31. The Kier molecular flexibility index (Phi) is 7.02. The Labute approximate surface area is 154 Å². The molecule has 5 nitrogen and oxygen atoms in total. The first kappa shape index (κ1) is 19.9. The summed E-state index contributed by atoms with van der Waals surface area (Å²) in [5.74, 6) is 1.90. The van der Waals surface area contributed by atoms with Gasteiger partial charge in [0.1, 0.15) is 11.0 Å². The highest BCUT2D eigenvalue weighted by atomic mass is 32.2. The van der Waals surface area contributed by atoms with Crippen LogP contribution in [0.1, 0.15) is 41.5 Å². The predicted octanol–water partition coefficient (Wildman–Crippen LogP) is 4.05. The fraction of sp³-hybridized carbons (Fsp3) is 0.632. The second-order valence-corrected chi connectivity index (χ2v) is 8.80. The van der Waals surface area contributed by atoms with Gasteiger partial charge in [0.25, 0.3) is 0 Å². The molecule has 2 aromatic rings. The summed E-state index contributed by atoms with van der Waals surface area (Å²) in [6.45, 7) is 16.4. The van der Waals surface area contributed by atoms with Crippen molar-refractivity contribution in [2.75, 3.05) is 31.1 Å². The number of H-pyrrole nitrogens is 1. The van der Waals surface area contributed by atoms with Gasteiger partial charge in [0.2, 0.25) is 0 Å². The minimum atomic E-state index is -1.15.